The van der Waals surface area contributed by atoms with Crippen LogP contribution in [0.2, 0.25) is 0 Å². The third kappa shape index (κ3) is 2.90. The topological polar surface area (TPSA) is 50.9 Å². The average Bonchev–Trinajstić information content (AvgIpc) is 2.36. The quantitative estimate of drug-likeness (QED) is 0.764. The molecule has 0 spiro atoms. The summed E-state index contributed by atoms with van der Waals surface area (Å²) in [4.78, 5) is 4.23. The summed E-state index contributed by atoms with van der Waals surface area (Å²) in [6.45, 7) is 0.760. The van der Waals surface area contributed by atoms with Gasteiger partial charge in [-0.2, -0.15) is 8.78 Å². The zero-order chi connectivity index (χ0) is 9.47. The first-order valence-electron chi connectivity index (χ1n) is 3.94. The van der Waals surface area contributed by atoms with Gasteiger partial charge in [0.1, 0.15) is 5.69 Å². The maximum Gasteiger partial charge on any atom is 0.292 e. The van der Waals surface area contributed by atoms with Crippen molar-refractivity contribution in [3.05, 3.63) is 10.6 Å². The molecule has 8 heteroatoms. The van der Waals surface area contributed by atoms with E-state index in [-0.39, 0.29) is 42.1 Å². The molecule has 1 aliphatic heterocycles. The summed E-state index contributed by atoms with van der Waals surface area (Å²) in [5, 5.41) is 3.12. The Morgan fingerprint density at radius 3 is 2.73 bits per heavy atom. The van der Waals surface area contributed by atoms with E-state index in [2.05, 4.69) is 10.3 Å². The number of fused-ring (bicyclic) bond motifs is 1. The Bertz CT molecular complexity index is 332. The summed E-state index contributed by atoms with van der Waals surface area (Å²) >= 11 is 1.13. The molecular formula is C7H11Cl2F2N3S. The van der Waals surface area contributed by atoms with Crippen molar-refractivity contribution in [2.24, 2.45) is 0 Å². The fraction of sp³-hybridized carbons (Fsp3) is 0.571. The van der Waals surface area contributed by atoms with Crippen molar-refractivity contribution in [1.29, 1.82) is 0 Å². The van der Waals surface area contributed by atoms with Crippen LogP contribution >= 0.6 is 36.2 Å². The van der Waals surface area contributed by atoms with E-state index in [4.69, 9.17) is 5.73 Å². The molecule has 0 unspecified atom stereocenters. The van der Waals surface area contributed by atoms with Crippen LogP contribution in [-0.4, -0.2) is 11.5 Å². The summed E-state index contributed by atoms with van der Waals surface area (Å²) in [5.41, 5.74) is 5.24. The molecule has 0 saturated heterocycles. The van der Waals surface area contributed by atoms with E-state index in [0.717, 1.165) is 11.3 Å². The van der Waals surface area contributed by atoms with Gasteiger partial charge in [0.2, 0.25) is 0 Å². The highest BCUT2D eigenvalue weighted by Gasteiger charge is 2.38. The Labute approximate surface area is 102 Å². The number of nitrogen functional groups attached to an aromatic ring is 1. The molecule has 1 aromatic rings. The van der Waals surface area contributed by atoms with Gasteiger partial charge in [-0.3, -0.25) is 0 Å². The number of anilines is 1. The van der Waals surface area contributed by atoms with Crippen molar-refractivity contribution in [3.63, 3.8) is 0 Å². The van der Waals surface area contributed by atoms with Gasteiger partial charge in [0, 0.05) is 24.4 Å². The van der Waals surface area contributed by atoms with Crippen LogP contribution in [0, 0.1) is 0 Å². The van der Waals surface area contributed by atoms with Crippen LogP contribution in [0.15, 0.2) is 0 Å². The first-order chi connectivity index (χ1) is 6.09. The molecule has 0 amide bonds. The number of nitrogens with zero attached hydrogens (tertiary/aromatic N) is 1. The smallest absolute Gasteiger partial charge is 0.292 e. The molecule has 2 heterocycles. The van der Waals surface area contributed by atoms with Crippen molar-refractivity contribution >= 4 is 41.3 Å². The lowest BCUT2D eigenvalue weighted by Gasteiger charge is -2.11. The Hall–Kier alpha value is -0.170. The van der Waals surface area contributed by atoms with Gasteiger partial charge < -0.3 is 11.1 Å². The normalized spacial score (nSPS) is 18.0. The number of halogens is 4. The van der Waals surface area contributed by atoms with Crippen LogP contribution in [0.3, 0.4) is 0 Å². The molecule has 3 nitrogen and oxygen atoms in total. The minimum absolute atomic E-state index is 0. The molecule has 1 aliphatic rings. The maximum atomic E-state index is 13.3. The van der Waals surface area contributed by atoms with E-state index in [1.165, 1.54) is 0 Å². The lowest BCUT2D eigenvalue weighted by Crippen LogP contribution is -2.18. The monoisotopic (exact) mass is 277 g/mol. The highest BCUT2D eigenvalue weighted by molar-refractivity contribution is 7.15. The Morgan fingerprint density at radius 2 is 2.07 bits per heavy atom. The second kappa shape index (κ2) is 5.25. The molecule has 0 fully saturated rings. The lowest BCUT2D eigenvalue weighted by atomic mass is 10.2. The molecule has 0 bridgehead atoms. The van der Waals surface area contributed by atoms with Gasteiger partial charge in [0.15, 0.2) is 5.13 Å². The van der Waals surface area contributed by atoms with Crippen molar-refractivity contribution in [2.75, 3.05) is 12.3 Å². The molecular weight excluding hydrogens is 267 g/mol. The summed E-state index contributed by atoms with van der Waals surface area (Å²) in [6.07, 6.45) is -0.205. The van der Waals surface area contributed by atoms with E-state index < -0.39 is 5.92 Å². The molecule has 0 aromatic carbocycles. The number of hydrogen-bond acceptors (Lipinski definition) is 4. The van der Waals surface area contributed by atoms with Gasteiger partial charge in [-0.25, -0.2) is 4.98 Å². The fourth-order valence-corrected chi connectivity index (χ4v) is 2.20. The van der Waals surface area contributed by atoms with Gasteiger partial charge in [0.05, 0.1) is 0 Å². The van der Waals surface area contributed by atoms with Crippen LogP contribution < -0.4 is 11.1 Å². The van der Waals surface area contributed by atoms with Gasteiger partial charge in [0.25, 0.3) is 5.92 Å². The first kappa shape index (κ1) is 14.8. The number of alkyl halides is 2. The van der Waals surface area contributed by atoms with Crippen molar-refractivity contribution in [2.45, 2.75) is 18.9 Å². The molecule has 3 N–H and O–H groups in total. The number of rotatable bonds is 0. The molecule has 0 atom stereocenters. The number of nitrogens with two attached hydrogens (primary N) is 1. The molecule has 2 rings (SSSR count). The van der Waals surface area contributed by atoms with Gasteiger partial charge in [-0.05, 0) is 0 Å². The van der Waals surface area contributed by atoms with E-state index in [1.54, 1.807) is 0 Å². The third-order valence-electron chi connectivity index (χ3n) is 1.96. The molecule has 0 aliphatic carbocycles. The van der Waals surface area contributed by atoms with Gasteiger partial charge in [-0.1, -0.05) is 0 Å². The molecule has 15 heavy (non-hydrogen) atoms. The Kier molecular flexibility index (Phi) is 5.19. The minimum atomic E-state index is -2.83. The average molecular weight is 278 g/mol. The standard InChI is InChI=1S/C7H9F2N3S.2ClH/c8-7(9)1-2-11-3-4-5(7)12-6(10)13-4;;/h11H,1-3H2,(H2,10,12);2*1H. The zero-order valence-corrected chi connectivity index (χ0v) is 10.1. The van der Waals surface area contributed by atoms with E-state index in [9.17, 15) is 8.78 Å². The Balaban J connectivity index is 0.000000980. The van der Waals surface area contributed by atoms with Crippen LogP contribution in [0.25, 0.3) is 0 Å². The predicted octanol–water partition coefficient (Wildman–Crippen LogP) is 2.15. The van der Waals surface area contributed by atoms with Gasteiger partial charge in [-0.15, -0.1) is 36.2 Å². The second-order valence-electron chi connectivity index (χ2n) is 2.96. The number of hydrogen-bond donors (Lipinski definition) is 2. The molecule has 88 valence electrons. The van der Waals surface area contributed by atoms with Crippen molar-refractivity contribution in [1.82, 2.24) is 10.3 Å². The summed E-state index contributed by atoms with van der Waals surface area (Å²) in [7, 11) is 0. The van der Waals surface area contributed by atoms with Crippen LogP contribution in [-0.2, 0) is 12.5 Å². The SMILES string of the molecule is Cl.Cl.Nc1nc2c(s1)CNCCC2(F)F. The predicted molar refractivity (Wildman–Crippen MR) is 61.2 cm³/mol. The third-order valence-corrected chi connectivity index (χ3v) is 2.85. The number of nitrogens with one attached hydrogen (secondary N) is 1. The van der Waals surface area contributed by atoms with Crippen molar-refractivity contribution < 1.29 is 8.78 Å². The first-order valence-corrected chi connectivity index (χ1v) is 4.75. The fourth-order valence-electron chi connectivity index (χ4n) is 1.34. The number of aromatic nitrogens is 1. The maximum absolute atomic E-state index is 13.3. The van der Waals surface area contributed by atoms with E-state index >= 15 is 0 Å². The van der Waals surface area contributed by atoms with E-state index in [0.29, 0.717) is 18.0 Å². The van der Waals surface area contributed by atoms with Crippen LogP contribution in [0.1, 0.15) is 17.0 Å². The molecule has 0 saturated carbocycles. The van der Waals surface area contributed by atoms with E-state index in [1.807, 2.05) is 0 Å². The van der Waals surface area contributed by atoms with Crippen LogP contribution in [0.5, 0.6) is 0 Å². The summed E-state index contributed by atoms with van der Waals surface area (Å²) < 4.78 is 26.6. The Morgan fingerprint density at radius 1 is 1.40 bits per heavy atom. The highest BCUT2D eigenvalue weighted by Crippen LogP contribution is 2.37. The highest BCUT2D eigenvalue weighted by atomic mass is 35.5. The second-order valence-corrected chi connectivity index (χ2v) is 4.07. The zero-order valence-electron chi connectivity index (χ0n) is 7.63. The summed E-state index contributed by atoms with van der Waals surface area (Å²) in [5.74, 6) is -2.83. The van der Waals surface area contributed by atoms with Crippen molar-refractivity contribution in [3.8, 4) is 0 Å². The minimum Gasteiger partial charge on any atom is -0.375 e. The largest absolute Gasteiger partial charge is 0.375 e. The molecule has 0 radical (unpaired) electrons. The molecule has 1 aromatic heterocycles. The lowest BCUT2D eigenvalue weighted by molar-refractivity contribution is -0.0144. The van der Waals surface area contributed by atoms with Crippen LogP contribution in [0.4, 0.5) is 13.9 Å². The number of thiazole rings is 1. The summed E-state index contributed by atoms with van der Waals surface area (Å²) in [6, 6.07) is 0. The van der Waals surface area contributed by atoms with Gasteiger partial charge >= 0.3 is 0 Å².